The van der Waals surface area contributed by atoms with Crippen LogP contribution in [0.5, 0.6) is 0 Å². The number of hydrogen-bond acceptors (Lipinski definition) is 3. The maximum absolute atomic E-state index is 10.6. The lowest BCUT2D eigenvalue weighted by molar-refractivity contribution is 1.18. The third kappa shape index (κ3) is 4.31. The average Bonchev–Trinajstić information content (AvgIpc) is 3.69. The van der Waals surface area contributed by atoms with Crippen molar-refractivity contribution in [3.05, 3.63) is 168 Å². The van der Waals surface area contributed by atoms with Crippen LogP contribution in [0.3, 0.4) is 0 Å². The Labute approximate surface area is 287 Å². The number of nitriles is 3. The average molecular weight is 636 g/mol. The molecule has 7 aromatic carbocycles. The first-order valence-electron chi connectivity index (χ1n) is 16.3. The summed E-state index contributed by atoms with van der Waals surface area (Å²) >= 11 is 0. The van der Waals surface area contributed by atoms with Crippen LogP contribution in [-0.4, -0.2) is 9.13 Å². The molecule has 9 rings (SSSR count). The zero-order valence-electron chi connectivity index (χ0n) is 26.7. The van der Waals surface area contributed by atoms with Gasteiger partial charge in [-0.3, -0.25) is 0 Å². The normalized spacial score (nSPS) is 11.1. The van der Waals surface area contributed by atoms with Crippen molar-refractivity contribution in [2.45, 2.75) is 0 Å². The van der Waals surface area contributed by atoms with Crippen LogP contribution in [0.2, 0.25) is 0 Å². The van der Waals surface area contributed by atoms with E-state index in [-0.39, 0.29) is 0 Å². The first kappa shape index (κ1) is 28.8. The highest BCUT2D eigenvalue weighted by Crippen LogP contribution is 2.41. The Morgan fingerprint density at radius 2 is 0.860 bits per heavy atom. The molecule has 50 heavy (non-hydrogen) atoms. The molecule has 5 nitrogen and oxygen atoms in total. The van der Waals surface area contributed by atoms with Crippen LogP contribution in [0.4, 0.5) is 0 Å². The molecule has 0 bridgehead atoms. The predicted octanol–water partition coefficient (Wildman–Crippen LogP) is 10.8. The SMILES string of the molecule is N#Cc1ccc2c(c1)c1ccccc1n2-c1ccc(-c2ccccc2-c2ccccc2-n2c3ccccc3c3cc(C#N)ccc32)c(C#N)c1. The van der Waals surface area contributed by atoms with E-state index in [2.05, 4.69) is 81.9 Å². The van der Waals surface area contributed by atoms with Crippen molar-refractivity contribution in [2.24, 2.45) is 0 Å². The lowest BCUT2D eigenvalue weighted by Crippen LogP contribution is -1.99. The molecule has 0 spiro atoms. The minimum atomic E-state index is 0.563. The van der Waals surface area contributed by atoms with Gasteiger partial charge in [-0.25, -0.2) is 0 Å². The van der Waals surface area contributed by atoms with E-state index in [1.165, 1.54) is 0 Å². The largest absolute Gasteiger partial charge is 0.309 e. The predicted molar refractivity (Wildman–Crippen MR) is 200 cm³/mol. The smallest absolute Gasteiger partial charge is 0.0998 e. The van der Waals surface area contributed by atoms with Crippen molar-refractivity contribution in [3.63, 3.8) is 0 Å². The van der Waals surface area contributed by atoms with Gasteiger partial charge in [-0.15, -0.1) is 0 Å². The van der Waals surface area contributed by atoms with Crippen molar-refractivity contribution >= 4 is 43.6 Å². The molecule has 0 N–H and O–H groups in total. The van der Waals surface area contributed by atoms with Crippen molar-refractivity contribution < 1.29 is 0 Å². The third-order valence-corrected chi connectivity index (χ3v) is 9.64. The van der Waals surface area contributed by atoms with Gasteiger partial charge in [-0.05, 0) is 77.9 Å². The highest BCUT2D eigenvalue weighted by atomic mass is 15.0. The molecule has 2 aromatic heterocycles. The van der Waals surface area contributed by atoms with Gasteiger partial charge in [-0.1, -0.05) is 84.9 Å². The number of hydrogen-bond donors (Lipinski definition) is 0. The van der Waals surface area contributed by atoms with E-state index in [1.807, 2.05) is 97.1 Å². The number of nitrogens with zero attached hydrogens (tertiary/aromatic N) is 5. The molecule has 0 saturated carbocycles. The van der Waals surface area contributed by atoms with Crippen molar-refractivity contribution in [1.29, 1.82) is 15.8 Å². The Morgan fingerprint density at radius 1 is 0.360 bits per heavy atom. The molecule has 2 heterocycles. The highest BCUT2D eigenvalue weighted by Gasteiger charge is 2.20. The molecule has 9 aromatic rings. The summed E-state index contributed by atoms with van der Waals surface area (Å²) in [4.78, 5) is 0. The van der Waals surface area contributed by atoms with Gasteiger partial charge in [-0.2, -0.15) is 15.8 Å². The summed E-state index contributed by atoms with van der Waals surface area (Å²) in [5.74, 6) is 0. The van der Waals surface area contributed by atoms with E-state index in [0.717, 1.165) is 77.2 Å². The fraction of sp³-hybridized carbons (Fsp3) is 0. The second-order valence-electron chi connectivity index (χ2n) is 12.3. The molecular weight excluding hydrogens is 611 g/mol. The molecule has 0 radical (unpaired) electrons. The molecule has 5 heteroatoms. The molecule has 0 aliphatic rings. The second-order valence-corrected chi connectivity index (χ2v) is 12.3. The van der Waals surface area contributed by atoms with Crippen LogP contribution in [-0.2, 0) is 0 Å². The number of aromatic nitrogens is 2. The van der Waals surface area contributed by atoms with Gasteiger partial charge in [0.2, 0.25) is 0 Å². The molecule has 0 saturated heterocycles. The maximum Gasteiger partial charge on any atom is 0.0998 e. The van der Waals surface area contributed by atoms with Crippen LogP contribution < -0.4 is 0 Å². The minimum Gasteiger partial charge on any atom is -0.309 e. The van der Waals surface area contributed by atoms with Crippen LogP contribution >= 0.6 is 0 Å². The first-order chi connectivity index (χ1) is 24.7. The van der Waals surface area contributed by atoms with Gasteiger partial charge < -0.3 is 9.13 Å². The number of benzene rings is 7. The third-order valence-electron chi connectivity index (χ3n) is 9.64. The van der Waals surface area contributed by atoms with E-state index in [0.29, 0.717) is 16.7 Å². The number of para-hydroxylation sites is 3. The zero-order chi connectivity index (χ0) is 33.8. The lowest BCUT2D eigenvalue weighted by Gasteiger charge is -2.18. The summed E-state index contributed by atoms with van der Waals surface area (Å²) in [5.41, 5.74) is 11.6. The minimum absolute atomic E-state index is 0.563. The molecule has 0 aliphatic heterocycles. The van der Waals surface area contributed by atoms with E-state index in [9.17, 15) is 15.8 Å². The van der Waals surface area contributed by atoms with E-state index in [4.69, 9.17) is 0 Å². The lowest BCUT2D eigenvalue weighted by atomic mass is 9.91. The summed E-state index contributed by atoms with van der Waals surface area (Å²) in [5, 5.41) is 34.0. The standard InChI is InChI=1S/C45H25N5/c46-26-29-17-21-44-39(23-29)37-12-4-6-14-41(37)49(44)32-19-20-33(31(25-32)28-48)34-9-1-2-10-35(34)36-11-3-7-15-42(36)50-43-16-8-5-13-38(43)40-24-30(27-47)18-22-45(40)50/h1-25H. The quantitative estimate of drug-likeness (QED) is 0.193. The Balaban J connectivity index is 1.24. The van der Waals surface area contributed by atoms with Crippen molar-refractivity contribution in [3.8, 4) is 51.8 Å². The monoisotopic (exact) mass is 635 g/mol. The van der Waals surface area contributed by atoms with Gasteiger partial charge >= 0.3 is 0 Å². The molecular formula is C45H25N5. The summed E-state index contributed by atoms with van der Waals surface area (Å²) in [6.45, 7) is 0. The molecule has 0 fully saturated rings. The Kier molecular flexibility index (Phi) is 6.56. The molecule has 0 amide bonds. The van der Waals surface area contributed by atoms with E-state index < -0.39 is 0 Å². The molecule has 0 atom stereocenters. The van der Waals surface area contributed by atoms with Gasteiger partial charge in [0.05, 0.1) is 62.7 Å². The van der Waals surface area contributed by atoms with Crippen molar-refractivity contribution in [2.75, 3.05) is 0 Å². The van der Waals surface area contributed by atoms with Gasteiger partial charge in [0.15, 0.2) is 0 Å². The highest BCUT2D eigenvalue weighted by molar-refractivity contribution is 6.11. The molecule has 0 aliphatic carbocycles. The van der Waals surface area contributed by atoms with Gasteiger partial charge in [0.25, 0.3) is 0 Å². The maximum atomic E-state index is 10.6. The number of rotatable bonds is 4. The van der Waals surface area contributed by atoms with Crippen LogP contribution in [0.1, 0.15) is 16.7 Å². The van der Waals surface area contributed by atoms with Crippen LogP contribution in [0, 0.1) is 34.0 Å². The van der Waals surface area contributed by atoms with E-state index in [1.54, 1.807) is 0 Å². The Hall–Kier alpha value is -7.39. The fourth-order valence-electron chi connectivity index (χ4n) is 7.47. The second kappa shape index (κ2) is 11.4. The summed E-state index contributed by atoms with van der Waals surface area (Å²) < 4.78 is 4.43. The van der Waals surface area contributed by atoms with E-state index >= 15 is 0 Å². The summed E-state index contributed by atoms with van der Waals surface area (Å²) in [7, 11) is 0. The first-order valence-corrected chi connectivity index (χ1v) is 16.3. The van der Waals surface area contributed by atoms with Gasteiger partial charge in [0.1, 0.15) is 0 Å². The van der Waals surface area contributed by atoms with Crippen molar-refractivity contribution in [1.82, 2.24) is 9.13 Å². The fourth-order valence-corrected chi connectivity index (χ4v) is 7.47. The van der Waals surface area contributed by atoms with Gasteiger partial charge in [0, 0.05) is 38.4 Å². The Morgan fingerprint density at radius 3 is 1.48 bits per heavy atom. The Bertz CT molecular complexity index is 2970. The summed E-state index contributed by atoms with van der Waals surface area (Å²) in [6, 6.07) is 57.8. The molecule has 230 valence electrons. The summed E-state index contributed by atoms with van der Waals surface area (Å²) in [6.07, 6.45) is 0. The number of fused-ring (bicyclic) bond motifs is 6. The van der Waals surface area contributed by atoms with Crippen LogP contribution in [0.25, 0.3) is 77.2 Å². The van der Waals surface area contributed by atoms with Crippen LogP contribution in [0.15, 0.2) is 152 Å². The topological polar surface area (TPSA) is 81.2 Å². The zero-order valence-corrected chi connectivity index (χ0v) is 26.7. The molecule has 0 unspecified atom stereocenters.